The summed E-state index contributed by atoms with van der Waals surface area (Å²) in [7, 11) is 1.70. The molecule has 1 heterocycles. The van der Waals surface area contributed by atoms with Crippen LogP contribution in [0.4, 0.5) is 0 Å². The van der Waals surface area contributed by atoms with Crippen molar-refractivity contribution >= 4 is 0 Å². The highest BCUT2D eigenvalue weighted by Crippen LogP contribution is 1.98. The Morgan fingerprint density at radius 2 is 2.53 bits per heavy atom. The third-order valence-electron chi connectivity index (χ3n) is 2.15. The molecule has 1 aromatic heterocycles. The van der Waals surface area contributed by atoms with Crippen molar-refractivity contribution in [2.75, 3.05) is 20.3 Å². The minimum atomic E-state index is 0.323. The summed E-state index contributed by atoms with van der Waals surface area (Å²) >= 11 is 0. The van der Waals surface area contributed by atoms with E-state index in [1.165, 1.54) is 6.33 Å². The molecule has 15 heavy (non-hydrogen) atoms. The van der Waals surface area contributed by atoms with E-state index in [1.807, 2.05) is 0 Å². The topological polar surface area (TPSA) is 88.8 Å². The van der Waals surface area contributed by atoms with Crippen LogP contribution in [0.5, 0.6) is 0 Å². The van der Waals surface area contributed by atoms with Gasteiger partial charge in [-0.2, -0.15) is 5.10 Å². The van der Waals surface area contributed by atoms with Gasteiger partial charge in [0.05, 0.1) is 13.2 Å². The van der Waals surface area contributed by atoms with Gasteiger partial charge in [0.2, 0.25) is 0 Å². The van der Waals surface area contributed by atoms with Crippen LogP contribution in [0.15, 0.2) is 6.33 Å². The van der Waals surface area contributed by atoms with E-state index in [2.05, 4.69) is 20.5 Å². The lowest BCUT2D eigenvalue weighted by atomic mass is 10.1. The molecule has 0 aliphatic rings. The van der Waals surface area contributed by atoms with Crippen LogP contribution in [0.1, 0.15) is 18.7 Å². The van der Waals surface area contributed by atoms with Crippen molar-refractivity contribution in [1.82, 2.24) is 20.5 Å². The van der Waals surface area contributed by atoms with Gasteiger partial charge in [-0.05, 0) is 19.4 Å². The van der Waals surface area contributed by atoms with Crippen molar-refractivity contribution in [3.63, 3.8) is 0 Å². The first-order valence-corrected chi connectivity index (χ1v) is 5.13. The van der Waals surface area contributed by atoms with Crippen LogP contribution >= 0.6 is 0 Å². The number of hydrogen-bond donors (Lipinski definition) is 3. The Bertz CT molecular complexity index is 239. The van der Waals surface area contributed by atoms with E-state index < -0.39 is 0 Å². The Balaban J connectivity index is 2.24. The number of ether oxygens (including phenoxy) is 1. The highest BCUT2D eigenvalue weighted by atomic mass is 16.5. The SMILES string of the molecule is COCC(CCCN)NCc1ncn[nH]1. The van der Waals surface area contributed by atoms with Gasteiger partial charge in [-0.15, -0.1) is 0 Å². The molecule has 1 rings (SSSR count). The highest BCUT2D eigenvalue weighted by Gasteiger charge is 2.07. The molecule has 0 saturated carbocycles. The van der Waals surface area contributed by atoms with Crippen molar-refractivity contribution in [2.24, 2.45) is 5.73 Å². The normalized spacial score (nSPS) is 12.9. The molecule has 0 fully saturated rings. The number of rotatable bonds is 8. The number of aromatic nitrogens is 3. The predicted octanol–water partition coefficient (Wildman–Crippen LogP) is -0.352. The highest BCUT2D eigenvalue weighted by molar-refractivity contribution is 4.80. The zero-order valence-electron chi connectivity index (χ0n) is 9.07. The standard InChI is InChI=1S/C9H19N5O/c1-15-6-8(3-2-4-10)11-5-9-12-7-13-14-9/h7-8,11H,2-6,10H2,1H3,(H,12,13,14). The lowest BCUT2D eigenvalue weighted by Crippen LogP contribution is -2.33. The summed E-state index contributed by atoms with van der Waals surface area (Å²) in [5.41, 5.74) is 5.47. The van der Waals surface area contributed by atoms with Crippen LogP contribution in [0.25, 0.3) is 0 Å². The van der Waals surface area contributed by atoms with Crippen LogP contribution in [0.2, 0.25) is 0 Å². The second kappa shape index (κ2) is 7.33. The molecule has 4 N–H and O–H groups in total. The summed E-state index contributed by atoms with van der Waals surface area (Å²) < 4.78 is 5.12. The molecule has 0 aliphatic carbocycles. The van der Waals surface area contributed by atoms with Crippen molar-refractivity contribution < 1.29 is 4.74 Å². The van der Waals surface area contributed by atoms with Gasteiger partial charge >= 0.3 is 0 Å². The molecule has 1 aromatic rings. The fourth-order valence-electron chi connectivity index (χ4n) is 1.37. The summed E-state index contributed by atoms with van der Waals surface area (Å²) in [6.45, 7) is 2.08. The maximum atomic E-state index is 5.47. The summed E-state index contributed by atoms with van der Waals surface area (Å²) in [4.78, 5) is 4.03. The fraction of sp³-hybridized carbons (Fsp3) is 0.778. The molecule has 1 unspecified atom stereocenters. The Morgan fingerprint density at radius 3 is 3.13 bits per heavy atom. The minimum absolute atomic E-state index is 0.323. The molecule has 0 radical (unpaired) electrons. The monoisotopic (exact) mass is 213 g/mol. The molecule has 0 amide bonds. The summed E-state index contributed by atoms with van der Waals surface area (Å²) in [5, 5.41) is 9.93. The van der Waals surface area contributed by atoms with Crippen molar-refractivity contribution in [3.8, 4) is 0 Å². The third-order valence-corrected chi connectivity index (χ3v) is 2.15. The molecular formula is C9H19N5O. The molecule has 0 aromatic carbocycles. The van der Waals surface area contributed by atoms with Crippen LogP contribution in [-0.2, 0) is 11.3 Å². The van der Waals surface area contributed by atoms with Gasteiger partial charge in [-0.1, -0.05) is 0 Å². The molecule has 6 nitrogen and oxygen atoms in total. The first-order chi connectivity index (χ1) is 7.36. The Morgan fingerprint density at radius 1 is 1.67 bits per heavy atom. The summed E-state index contributed by atoms with van der Waals surface area (Å²) in [6.07, 6.45) is 3.51. The van der Waals surface area contributed by atoms with E-state index in [9.17, 15) is 0 Å². The van der Waals surface area contributed by atoms with Crippen molar-refractivity contribution in [3.05, 3.63) is 12.2 Å². The van der Waals surface area contributed by atoms with Gasteiger partial charge in [0, 0.05) is 13.2 Å². The van der Waals surface area contributed by atoms with Gasteiger partial charge < -0.3 is 15.8 Å². The average Bonchev–Trinajstić information content (AvgIpc) is 2.75. The first kappa shape index (κ1) is 12.1. The predicted molar refractivity (Wildman–Crippen MR) is 57.2 cm³/mol. The van der Waals surface area contributed by atoms with E-state index in [-0.39, 0.29) is 0 Å². The number of methoxy groups -OCH3 is 1. The molecule has 0 aliphatic heterocycles. The lowest BCUT2D eigenvalue weighted by molar-refractivity contribution is 0.160. The first-order valence-electron chi connectivity index (χ1n) is 5.13. The van der Waals surface area contributed by atoms with Crippen LogP contribution < -0.4 is 11.1 Å². The Labute approximate surface area is 89.6 Å². The molecule has 1 atom stereocenters. The third kappa shape index (κ3) is 4.87. The number of nitrogens with zero attached hydrogens (tertiary/aromatic N) is 2. The van der Waals surface area contributed by atoms with Crippen LogP contribution in [0, 0.1) is 0 Å². The smallest absolute Gasteiger partial charge is 0.138 e. The number of H-pyrrole nitrogens is 1. The number of nitrogens with two attached hydrogens (primary N) is 1. The van der Waals surface area contributed by atoms with Crippen molar-refractivity contribution in [2.45, 2.75) is 25.4 Å². The number of nitrogens with one attached hydrogen (secondary N) is 2. The van der Waals surface area contributed by atoms with Crippen molar-refractivity contribution in [1.29, 1.82) is 0 Å². The van der Waals surface area contributed by atoms with Gasteiger partial charge in [-0.3, -0.25) is 5.10 Å². The quantitative estimate of drug-likeness (QED) is 0.549. The van der Waals surface area contributed by atoms with Gasteiger partial charge in [0.15, 0.2) is 0 Å². The van der Waals surface area contributed by atoms with E-state index >= 15 is 0 Å². The van der Waals surface area contributed by atoms with Crippen LogP contribution in [0.3, 0.4) is 0 Å². The summed E-state index contributed by atoms with van der Waals surface area (Å²) in [6, 6.07) is 0.323. The van der Waals surface area contributed by atoms with E-state index in [0.29, 0.717) is 25.7 Å². The number of hydrogen-bond acceptors (Lipinski definition) is 5. The molecule has 86 valence electrons. The second-order valence-corrected chi connectivity index (χ2v) is 3.40. The molecule has 6 heteroatoms. The molecule has 0 spiro atoms. The van der Waals surface area contributed by atoms with Gasteiger partial charge in [0.25, 0.3) is 0 Å². The summed E-state index contributed by atoms with van der Waals surface area (Å²) in [5.74, 6) is 0.837. The Hall–Kier alpha value is -0.980. The zero-order chi connectivity index (χ0) is 10.9. The van der Waals surface area contributed by atoms with Crippen LogP contribution in [-0.4, -0.2) is 41.5 Å². The zero-order valence-corrected chi connectivity index (χ0v) is 9.07. The fourth-order valence-corrected chi connectivity index (χ4v) is 1.37. The number of aromatic amines is 1. The molecule has 0 bridgehead atoms. The molecular weight excluding hydrogens is 194 g/mol. The minimum Gasteiger partial charge on any atom is -0.383 e. The maximum Gasteiger partial charge on any atom is 0.138 e. The largest absolute Gasteiger partial charge is 0.383 e. The van der Waals surface area contributed by atoms with Gasteiger partial charge in [-0.25, -0.2) is 4.98 Å². The maximum absolute atomic E-state index is 5.47. The lowest BCUT2D eigenvalue weighted by Gasteiger charge is -2.16. The van der Waals surface area contributed by atoms with Gasteiger partial charge in [0.1, 0.15) is 12.2 Å². The Kier molecular flexibility index (Phi) is 5.91. The average molecular weight is 213 g/mol. The second-order valence-electron chi connectivity index (χ2n) is 3.40. The molecule has 0 saturated heterocycles. The van der Waals surface area contributed by atoms with E-state index in [0.717, 1.165) is 18.7 Å². The van der Waals surface area contributed by atoms with E-state index in [4.69, 9.17) is 10.5 Å². The van der Waals surface area contributed by atoms with E-state index in [1.54, 1.807) is 7.11 Å².